The predicted octanol–water partition coefficient (Wildman–Crippen LogP) is 0.252. The van der Waals surface area contributed by atoms with Crippen LogP contribution in [0.5, 0.6) is 0 Å². The van der Waals surface area contributed by atoms with Crippen LogP contribution in [-0.2, 0) is 0 Å². The van der Waals surface area contributed by atoms with Crippen molar-refractivity contribution in [2.75, 3.05) is 51.0 Å². The van der Waals surface area contributed by atoms with Gasteiger partial charge in [-0.2, -0.15) is 0 Å². The van der Waals surface area contributed by atoms with Crippen molar-refractivity contribution in [2.45, 2.75) is 6.92 Å². The van der Waals surface area contributed by atoms with Crippen molar-refractivity contribution < 1.29 is 14.8 Å². The molecule has 0 aliphatic rings. The van der Waals surface area contributed by atoms with E-state index in [4.69, 9.17) is 21.7 Å². The fourth-order valence-electron chi connectivity index (χ4n) is 1.56. The summed E-state index contributed by atoms with van der Waals surface area (Å²) < 4.78 is 1.94. The maximum absolute atomic E-state index is 8.83. The van der Waals surface area contributed by atoms with Gasteiger partial charge >= 0.3 is 0 Å². The number of anilines is 2. The van der Waals surface area contributed by atoms with Gasteiger partial charge in [0.1, 0.15) is 14.1 Å². The molecule has 1 aromatic rings. The van der Waals surface area contributed by atoms with E-state index in [2.05, 4.69) is 0 Å². The van der Waals surface area contributed by atoms with Gasteiger partial charge in [0.2, 0.25) is 0 Å². The number of nitrogens with zero attached hydrogens (tertiary/aromatic N) is 2. The van der Waals surface area contributed by atoms with Crippen molar-refractivity contribution in [2.24, 2.45) is 5.73 Å². The summed E-state index contributed by atoms with van der Waals surface area (Å²) in [6.45, 7) is 3.05. The minimum absolute atomic E-state index is 0.0738. The number of aliphatic hydroxyl groups excluding tert-OH is 2. The van der Waals surface area contributed by atoms with Crippen molar-refractivity contribution in [3.05, 3.63) is 36.0 Å². The third-order valence-electron chi connectivity index (χ3n) is 2.63. The molecule has 6 nitrogen and oxygen atoms in total. The fraction of sp³-hybridized carbons (Fsp3) is 0.438. The molecular formula is C16H29N4O2+. The second-order valence-corrected chi connectivity index (χ2v) is 5.05. The van der Waals surface area contributed by atoms with E-state index in [1.54, 1.807) is 12.1 Å². The lowest BCUT2D eigenvalue weighted by atomic mass is 10.2. The number of allylic oxidation sites excluding steroid dienone is 2. The van der Waals surface area contributed by atoms with E-state index in [0.717, 1.165) is 11.4 Å². The Morgan fingerprint density at radius 2 is 1.64 bits per heavy atom. The van der Waals surface area contributed by atoms with Crippen molar-refractivity contribution in [1.82, 2.24) is 0 Å². The van der Waals surface area contributed by atoms with E-state index < -0.39 is 0 Å². The number of rotatable bonds is 6. The maximum Gasteiger partial charge on any atom is 0.164 e. The van der Waals surface area contributed by atoms with Crippen LogP contribution in [0.25, 0.3) is 0 Å². The Morgan fingerprint density at radius 1 is 1.14 bits per heavy atom. The smallest absolute Gasteiger partial charge is 0.164 e. The highest BCUT2D eigenvalue weighted by Crippen LogP contribution is 2.15. The number of nitrogens with two attached hydrogens (primary N) is 2. The largest absolute Gasteiger partial charge is 0.402 e. The quantitative estimate of drug-likeness (QED) is 0.343. The van der Waals surface area contributed by atoms with E-state index >= 15 is 0 Å². The monoisotopic (exact) mass is 309 g/mol. The van der Waals surface area contributed by atoms with Gasteiger partial charge in [0.25, 0.3) is 0 Å². The van der Waals surface area contributed by atoms with Crippen LogP contribution in [0.2, 0.25) is 0 Å². The molecule has 0 saturated heterocycles. The highest BCUT2D eigenvalue weighted by Gasteiger charge is 2.03. The first-order valence-corrected chi connectivity index (χ1v) is 7.16. The van der Waals surface area contributed by atoms with Gasteiger partial charge in [-0.25, -0.2) is 4.58 Å². The Morgan fingerprint density at radius 3 is 1.95 bits per heavy atom. The summed E-state index contributed by atoms with van der Waals surface area (Å²) in [5.41, 5.74) is 13.4. The molecule has 22 heavy (non-hydrogen) atoms. The van der Waals surface area contributed by atoms with E-state index in [1.165, 1.54) is 0 Å². The summed E-state index contributed by atoms with van der Waals surface area (Å²) in [4.78, 5) is 1.90. The molecule has 6 heteroatoms. The van der Waals surface area contributed by atoms with Crippen LogP contribution in [0, 0.1) is 0 Å². The van der Waals surface area contributed by atoms with Crippen molar-refractivity contribution >= 4 is 17.6 Å². The van der Waals surface area contributed by atoms with Gasteiger partial charge in [-0.3, -0.25) is 0 Å². The number of hydrogen-bond donors (Lipinski definition) is 4. The maximum atomic E-state index is 8.83. The first kappa shape index (κ1) is 19.9. The standard InChI is InChI=1S/C10H16N2O2.C6H12N2/c11-9-1-3-10(4-2-9)12(5-7-13)6-8-14;1-6(7)4-5-8(2)3/h1-4,13-14H,5-8,11H2;4-5,7H,1-3H3/p+1. The Balaban J connectivity index is 0.000000472. The number of hydrogen-bond acceptors (Lipinski definition) is 5. The molecule has 0 aliphatic carbocycles. The van der Waals surface area contributed by atoms with Crippen molar-refractivity contribution in [1.29, 1.82) is 0 Å². The first-order chi connectivity index (χ1) is 10.4. The molecule has 0 radical (unpaired) electrons. The second kappa shape index (κ2) is 11.6. The lowest BCUT2D eigenvalue weighted by Gasteiger charge is -2.22. The predicted molar refractivity (Wildman–Crippen MR) is 93.4 cm³/mol. The number of aliphatic hydroxyl groups is 2. The third kappa shape index (κ3) is 9.79. The summed E-state index contributed by atoms with van der Waals surface area (Å²) in [5, 5.41) is 17.7. The SMILES string of the molecule is C/C(N)=C\C=[N+](C)C.Nc1ccc(N(CCO)CCO)cc1. The summed E-state index contributed by atoms with van der Waals surface area (Å²) in [6, 6.07) is 7.36. The lowest BCUT2D eigenvalue weighted by Crippen LogP contribution is -2.29. The zero-order chi connectivity index (χ0) is 17.0. The Hall–Kier alpha value is -2.05. The van der Waals surface area contributed by atoms with E-state index in [-0.39, 0.29) is 13.2 Å². The molecule has 1 rings (SSSR count). The summed E-state index contributed by atoms with van der Waals surface area (Å²) in [6.07, 6.45) is 3.77. The Bertz CT molecular complexity index is 440. The van der Waals surface area contributed by atoms with Crippen LogP contribution >= 0.6 is 0 Å². The van der Waals surface area contributed by atoms with Crippen LogP contribution in [-0.4, -0.2) is 61.4 Å². The molecule has 0 heterocycles. The highest BCUT2D eigenvalue weighted by atomic mass is 16.3. The van der Waals surface area contributed by atoms with Crippen molar-refractivity contribution in [3.63, 3.8) is 0 Å². The third-order valence-corrected chi connectivity index (χ3v) is 2.63. The molecule has 0 unspecified atom stereocenters. The Labute approximate surface area is 133 Å². The molecule has 6 N–H and O–H groups in total. The second-order valence-electron chi connectivity index (χ2n) is 5.05. The van der Waals surface area contributed by atoms with Gasteiger partial charge < -0.3 is 26.6 Å². The van der Waals surface area contributed by atoms with Gasteiger partial charge in [-0.05, 0) is 31.2 Å². The summed E-state index contributed by atoms with van der Waals surface area (Å²) >= 11 is 0. The zero-order valence-electron chi connectivity index (χ0n) is 13.7. The Kier molecular flexibility index (Phi) is 10.5. The normalized spacial score (nSPS) is 10.5. The molecule has 0 bridgehead atoms. The van der Waals surface area contributed by atoms with Gasteiger partial charge in [-0.15, -0.1) is 0 Å². The molecule has 1 aromatic carbocycles. The molecular weight excluding hydrogens is 280 g/mol. The molecule has 0 spiro atoms. The number of nitrogen functional groups attached to an aromatic ring is 1. The van der Waals surface area contributed by atoms with E-state index in [1.807, 2.05) is 54.9 Å². The van der Waals surface area contributed by atoms with Gasteiger partial charge in [-0.1, -0.05) is 0 Å². The van der Waals surface area contributed by atoms with Crippen LogP contribution in [0.15, 0.2) is 36.0 Å². The highest BCUT2D eigenvalue weighted by molar-refractivity contribution is 5.66. The van der Waals surface area contributed by atoms with Crippen LogP contribution in [0.1, 0.15) is 6.92 Å². The lowest BCUT2D eigenvalue weighted by molar-refractivity contribution is -0.458. The van der Waals surface area contributed by atoms with Crippen LogP contribution < -0.4 is 16.4 Å². The van der Waals surface area contributed by atoms with E-state index in [0.29, 0.717) is 18.8 Å². The summed E-state index contributed by atoms with van der Waals surface area (Å²) in [7, 11) is 3.92. The molecule has 0 amide bonds. The minimum atomic E-state index is 0.0738. The van der Waals surface area contributed by atoms with Crippen LogP contribution in [0.4, 0.5) is 11.4 Å². The average Bonchev–Trinajstić information content (AvgIpc) is 2.46. The molecule has 0 aliphatic heterocycles. The van der Waals surface area contributed by atoms with Gasteiger partial charge in [0.05, 0.1) is 13.2 Å². The molecule has 124 valence electrons. The van der Waals surface area contributed by atoms with Gasteiger partial charge in [0, 0.05) is 36.2 Å². The van der Waals surface area contributed by atoms with Gasteiger partial charge in [0.15, 0.2) is 6.21 Å². The topological polar surface area (TPSA) is 98.8 Å². The molecule has 0 saturated carbocycles. The average molecular weight is 309 g/mol. The van der Waals surface area contributed by atoms with Crippen LogP contribution in [0.3, 0.4) is 0 Å². The molecule has 0 fully saturated rings. The summed E-state index contributed by atoms with van der Waals surface area (Å²) in [5.74, 6) is 0. The zero-order valence-corrected chi connectivity index (χ0v) is 13.7. The van der Waals surface area contributed by atoms with E-state index in [9.17, 15) is 0 Å². The molecule has 0 atom stereocenters. The number of benzene rings is 1. The fourth-order valence-corrected chi connectivity index (χ4v) is 1.56. The molecule has 0 aromatic heterocycles. The van der Waals surface area contributed by atoms with Crippen molar-refractivity contribution in [3.8, 4) is 0 Å². The minimum Gasteiger partial charge on any atom is -0.402 e. The first-order valence-electron chi connectivity index (χ1n) is 7.16.